The third-order valence-corrected chi connectivity index (χ3v) is 5.83. The van der Waals surface area contributed by atoms with Crippen LogP contribution in [0.1, 0.15) is 5.56 Å². The lowest BCUT2D eigenvalue weighted by atomic mass is 10.1. The van der Waals surface area contributed by atoms with Crippen LogP contribution in [0.4, 0.5) is 11.5 Å². The lowest BCUT2D eigenvalue weighted by Crippen LogP contribution is -2.43. The molecule has 3 heterocycles. The number of ether oxygens (including phenoxy) is 1. The molecule has 0 aliphatic carbocycles. The molecule has 0 atom stereocenters. The topological polar surface area (TPSA) is 69.3 Å². The molecular formula is C23H26N6O. The highest BCUT2D eigenvalue weighted by Crippen LogP contribution is 2.33. The molecule has 1 aliphatic heterocycles. The number of para-hydroxylation sites is 1. The Labute approximate surface area is 175 Å². The lowest BCUT2D eigenvalue weighted by Gasteiger charge is -2.32. The Morgan fingerprint density at radius 3 is 2.60 bits per heavy atom. The maximum Gasteiger partial charge on any atom is 0.157 e. The number of fused-ring (bicyclic) bond motifs is 3. The third-order valence-electron chi connectivity index (χ3n) is 5.83. The Kier molecular flexibility index (Phi) is 4.98. The zero-order valence-corrected chi connectivity index (χ0v) is 17.4. The Morgan fingerprint density at radius 2 is 1.83 bits per heavy atom. The fourth-order valence-corrected chi connectivity index (χ4v) is 4.04. The van der Waals surface area contributed by atoms with Crippen molar-refractivity contribution in [1.82, 2.24) is 25.0 Å². The number of H-pyrrole nitrogens is 1. The van der Waals surface area contributed by atoms with Crippen LogP contribution in [-0.4, -0.2) is 65.3 Å². The number of anilines is 2. The number of likely N-dealkylation sites (N-methyl/N-ethyl adjacent to an activating group) is 1. The molecule has 0 spiro atoms. The number of nitrogens with zero attached hydrogens (tertiary/aromatic N) is 4. The van der Waals surface area contributed by atoms with Crippen LogP contribution in [0, 0.1) is 0 Å². The van der Waals surface area contributed by atoms with Gasteiger partial charge in [0.25, 0.3) is 0 Å². The smallest absolute Gasteiger partial charge is 0.157 e. The summed E-state index contributed by atoms with van der Waals surface area (Å²) in [7, 11) is 3.85. The number of pyridine rings is 1. The zero-order valence-electron chi connectivity index (χ0n) is 17.4. The third kappa shape index (κ3) is 3.58. The molecule has 0 radical (unpaired) electrons. The second-order valence-electron chi connectivity index (χ2n) is 7.88. The van der Waals surface area contributed by atoms with Crippen LogP contribution in [0.3, 0.4) is 0 Å². The largest absolute Gasteiger partial charge is 0.494 e. The number of rotatable bonds is 5. The maximum atomic E-state index is 5.52. The van der Waals surface area contributed by atoms with E-state index in [2.05, 4.69) is 56.6 Å². The highest BCUT2D eigenvalue weighted by atomic mass is 16.5. The maximum absolute atomic E-state index is 5.52. The Hall–Kier alpha value is -3.16. The Balaban J connectivity index is 1.40. The summed E-state index contributed by atoms with van der Waals surface area (Å²) in [6.07, 6.45) is 1.84. The minimum atomic E-state index is 0.742. The summed E-state index contributed by atoms with van der Waals surface area (Å²) >= 11 is 0. The minimum Gasteiger partial charge on any atom is -0.494 e. The molecule has 0 saturated carbocycles. The van der Waals surface area contributed by atoms with Gasteiger partial charge in [-0.15, -0.1) is 0 Å². The molecule has 0 amide bonds. The van der Waals surface area contributed by atoms with Crippen molar-refractivity contribution in [3.8, 4) is 5.75 Å². The van der Waals surface area contributed by atoms with Crippen molar-refractivity contribution in [2.45, 2.75) is 6.54 Å². The molecule has 2 N–H and O–H groups in total. The van der Waals surface area contributed by atoms with E-state index >= 15 is 0 Å². The van der Waals surface area contributed by atoms with Crippen LogP contribution in [0.25, 0.3) is 21.8 Å². The van der Waals surface area contributed by atoms with Crippen molar-refractivity contribution in [1.29, 1.82) is 0 Å². The van der Waals surface area contributed by atoms with Gasteiger partial charge in [0.1, 0.15) is 16.8 Å². The van der Waals surface area contributed by atoms with Crippen LogP contribution in [-0.2, 0) is 6.54 Å². The van der Waals surface area contributed by atoms with Gasteiger partial charge in [-0.3, -0.25) is 10.00 Å². The molecular weight excluding hydrogens is 376 g/mol. The first kappa shape index (κ1) is 18.8. The summed E-state index contributed by atoms with van der Waals surface area (Å²) in [6.45, 7) is 5.51. The number of nitrogens with one attached hydrogen (secondary N) is 2. The second-order valence-corrected chi connectivity index (χ2v) is 7.88. The van der Waals surface area contributed by atoms with Gasteiger partial charge in [0.2, 0.25) is 0 Å². The molecule has 0 unspecified atom stereocenters. The van der Waals surface area contributed by atoms with Crippen molar-refractivity contribution in [2.24, 2.45) is 0 Å². The van der Waals surface area contributed by atoms with E-state index in [1.807, 2.05) is 24.4 Å². The molecule has 1 fully saturated rings. The van der Waals surface area contributed by atoms with Gasteiger partial charge < -0.3 is 15.0 Å². The van der Waals surface area contributed by atoms with Crippen molar-refractivity contribution in [3.63, 3.8) is 0 Å². The molecule has 30 heavy (non-hydrogen) atoms. The molecule has 1 saturated heterocycles. The SMILES string of the molecule is COc1cccc2c1nc(Nc1ccc(CN3CCN(C)CC3)cc1)c1[nH]ncc12. The minimum absolute atomic E-state index is 0.742. The van der Waals surface area contributed by atoms with Crippen molar-refractivity contribution in [3.05, 3.63) is 54.2 Å². The van der Waals surface area contributed by atoms with Crippen molar-refractivity contribution >= 4 is 33.3 Å². The van der Waals surface area contributed by atoms with Crippen molar-refractivity contribution < 1.29 is 4.74 Å². The number of aromatic nitrogens is 3. The molecule has 4 aromatic rings. The molecule has 2 aromatic heterocycles. The van der Waals surface area contributed by atoms with Gasteiger partial charge in [-0.1, -0.05) is 24.3 Å². The van der Waals surface area contributed by atoms with Gasteiger partial charge in [-0.25, -0.2) is 4.98 Å². The van der Waals surface area contributed by atoms with Gasteiger partial charge in [0.05, 0.1) is 13.3 Å². The predicted molar refractivity (Wildman–Crippen MR) is 120 cm³/mol. The van der Waals surface area contributed by atoms with Gasteiger partial charge in [-0.2, -0.15) is 5.10 Å². The average molecular weight is 403 g/mol. The summed E-state index contributed by atoms with van der Waals surface area (Å²) in [6, 6.07) is 14.5. The van der Waals surface area contributed by atoms with Gasteiger partial charge in [-0.05, 0) is 30.8 Å². The first-order chi connectivity index (χ1) is 14.7. The first-order valence-corrected chi connectivity index (χ1v) is 10.3. The van der Waals surface area contributed by atoms with E-state index < -0.39 is 0 Å². The molecule has 7 nitrogen and oxygen atoms in total. The monoisotopic (exact) mass is 402 g/mol. The van der Waals surface area contributed by atoms with Crippen LogP contribution < -0.4 is 10.1 Å². The summed E-state index contributed by atoms with van der Waals surface area (Å²) in [5, 5.41) is 12.8. The van der Waals surface area contributed by atoms with Gasteiger partial charge in [0, 0.05) is 49.2 Å². The van der Waals surface area contributed by atoms with Gasteiger partial charge >= 0.3 is 0 Å². The van der Waals surface area contributed by atoms with Crippen LogP contribution in [0.5, 0.6) is 5.75 Å². The fourth-order valence-electron chi connectivity index (χ4n) is 4.04. The van der Waals surface area contributed by atoms with E-state index in [0.29, 0.717) is 0 Å². The number of hydrogen-bond acceptors (Lipinski definition) is 6. The molecule has 0 bridgehead atoms. The van der Waals surface area contributed by atoms with E-state index in [1.165, 1.54) is 5.56 Å². The van der Waals surface area contributed by atoms with Crippen LogP contribution in [0.15, 0.2) is 48.7 Å². The summed E-state index contributed by atoms with van der Waals surface area (Å²) in [4.78, 5) is 9.73. The summed E-state index contributed by atoms with van der Waals surface area (Å²) < 4.78 is 5.52. The summed E-state index contributed by atoms with van der Waals surface area (Å²) in [5.74, 6) is 1.49. The molecule has 1 aliphatic rings. The number of piperazine rings is 1. The number of benzene rings is 2. The quantitative estimate of drug-likeness (QED) is 0.532. The number of hydrogen-bond donors (Lipinski definition) is 2. The van der Waals surface area contributed by atoms with Crippen molar-refractivity contribution in [2.75, 3.05) is 45.7 Å². The number of methoxy groups -OCH3 is 1. The van der Waals surface area contributed by atoms with E-state index in [4.69, 9.17) is 9.72 Å². The van der Waals surface area contributed by atoms with Crippen LogP contribution >= 0.6 is 0 Å². The normalized spacial score (nSPS) is 15.7. The highest BCUT2D eigenvalue weighted by Gasteiger charge is 2.15. The predicted octanol–water partition coefficient (Wildman–Crippen LogP) is 3.61. The molecule has 154 valence electrons. The second kappa shape index (κ2) is 7.93. The molecule has 7 heteroatoms. The highest BCUT2D eigenvalue weighted by molar-refractivity contribution is 6.10. The van der Waals surface area contributed by atoms with Crippen LogP contribution in [0.2, 0.25) is 0 Å². The lowest BCUT2D eigenvalue weighted by molar-refractivity contribution is 0.148. The average Bonchev–Trinajstić information content (AvgIpc) is 3.27. The summed E-state index contributed by atoms with van der Waals surface area (Å²) in [5.41, 5.74) is 4.03. The van der Waals surface area contributed by atoms with E-state index in [9.17, 15) is 0 Å². The van der Waals surface area contributed by atoms with Gasteiger partial charge in [0.15, 0.2) is 5.82 Å². The molecule has 5 rings (SSSR count). The number of aromatic amines is 1. The zero-order chi connectivity index (χ0) is 20.5. The fraction of sp³-hybridized carbons (Fsp3) is 0.304. The molecule has 2 aromatic carbocycles. The van der Waals surface area contributed by atoms with E-state index in [1.54, 1.807) is 7.11 Å². The Bertz CT molecular complexity index is 1160. The first-order valence-electron chi connectivity index (χ1n) is 10.3. The standard InChI is InChI=1S/C23H26N6O/c1-28-10-12-29(13-11-28)15-16-6-8-17(9-7-16)25-23-22-19(14-24-27-22)18-4-3-5-20(30-2)21(18)26-23/h3-9,14H,10-13,15H2,1-2H3,(H,24,27)(H,25,26). The van der Waals surface area contributed by atoms with E-state index in [0.717, 1.165) is 71.8 Å². The van der Waals surface area contributed by atoms with E-state index in [-0.39, 0.29) is 0 Å². The Morgan fingerprint density at radius 1 is 1.03 bits per heavy atom.